The minimum atomic E-state index is -3.69. The van der Waals surface area contributed by atoms with E-state index in [9.17, 15) is 18.0 Å². The van der Waals surface area contributed by atoms with Crippen LogP contribution in [0.5, 0.6) is 0 Å². The van der Waals surface area contributed by atoms with E-state index in [1.165, 1.54) is 0 Å². The molecule has 0 heterocycles. The quantitative estimate of drug-likeness (QED) is 0.591. The topological polar surface area (TPSA) is 130 Å². The van der Waals surface area contributed by atoms with Gasteiger partial charge in [-0.2, -0.15) is 0 Å². The summed E-state index contributed by atoms with van der Waals surface area (Å²) in [5.41, 5.74) is -0.817. The van der Waals surface area contributed by atoms with Gasteiger partial charge in [0.05, 0.1) is 11.5 Å². The highest BCUT2D eigenvalue weighted by molar-refractivity contribution is 7.91. The molecule has 9 heteroatoms. The van der Waals surface area contributed by atoms with Crippen LogP contribution in [0.15, 0.2) is 0 Å². The first-order valence-electron chi connectivity index (χ1n) is 6.00. The fourth-order valence-corrected chi connectivity index (χ4v) is 2.72. The van der Waals surface area contributed by atoms with Gasteiger partial charge in [0.2, 0.25) is 0 Å². The number of alkyl carbamates (subject to hydrolysis) is 1. The van der Waals surface area contributed by atoms with Gasteiger partial charge in [0.1, 0.15) is 11.6 Å². The van der Waals surface area contributed by atoms with Crippen molar-refractivity contribution >= 4 is 21.9 Å². The maximum atomic E-state index is 11.6. The van der Waals surface area contributed by atoms with E-state index >= 15 is 0 Å². The molecule has 0 spiro atoms. The van der Waals surface area contributed by atoms with Crippen LogP contribution in [0.3, 0.4) is 0 Å². The lowest BCUT2D eigenvalue weighted by molar-refractivity contribution is -0.138. The molecule has 0 radical (unpaired) electrons. The van der Waals surface area contributed by atoms with Crippen molar-refractivity contribution in [3.8, 4) is 0 Å². The van der Waals surface area contributed by atoms with E-state index in [2.05, 4.69) is 0 Å². The Kier molecular flexibility index (Phi) is 6.94. The minimum Gasteiger partial charge on any atom is -0.480 e. The zero-order valence-corrected chi connectivity index (χ0v) is 12.6. The van der Waals surface area contributed by atoms with Gasteiger partial charge >= 0.3 is 12.1 Å². The number of amides is 1. The van der Waals surface area contributed by atoms with Crippen LogP contribution in [0.1, 0.15) is 27.2 Å². The second-order valence-corrected chi connectivity index (χ2v) is 7.46. The van der Waals surface area contributed by atoms with Crippen molar-refractivity contribution in [1.29, 1.82) is 0 Å². The highest BCUT2D eigenvalue weighted by atomic mass is 32.2. The van der Waals surface area contributed by atoms with Crippen molar-refractivity contribution in [2.75, 3.05) is 18.1 Å². The molecule has 0 aliphatic rings. The van der Waals surface area contributed by atoms with Gasteiger partial charge in [-0.3, -0.25) is 0 Å². The molecule has 0 aliphatic heterocycles. The molecule has 0 saturated heterocycles. The van der Waals surface area contributed by atoms with Crippen molar-refractivity contribution < 1.29 is 33.0 Å². The van der Waals surface area contributed by atoms with Crippen molar-refractivity contribution in [2.45, 2.75) is 38.8 Å². The van der Waals surface area contributed by atoms with Crippen molar-refractivity contribution in [3.05, 3.63) is 0 Å². The van der Waals surface area contributed by atoms with Gasteiger partial charge in [-0.25, -0.2) is 18.0 Å². The average Bonchev–Trinajstić information content (AvgIpc) is 2.22. The van der Waals surface area contributed by atoms with Gasteiger partial charge in [0.25, 0.3) is 0 Å². The van der Waals surface area contributed by atoms with Crippen LogP contribution in [0.2, 0.25) is 0 Å². The summed E-state index contributed by atoms with van der Waals surface area (Å²) >= 11 is 0. The monoisotopic (exact) mass is 311 g/mol. The Morgan fingerprint density at radius 3 is 2.25 bits per heavy atom. The van der Waals surface area contributed by atoms with Crippen molar-refractivity contribution in [2.24, 2.45) is 0 Å². The molecule has 0 aromatic heterocycles. The fraction of sp³-hybridized carbons (Fsp3) is 0.818. The van der Waals surface area contributed by atoms with Gasteiger partial charge in [-0.15, -0.1) is 0 Å². The van der Waals surface area contributed by atoms with Crippen LogP contribution >= 0.6 is 0 Å². The number of nitrogens with one attached hydrogen (secondary N) is 1. The SMILES string of the molecule is CC(C)(C)OC(=O)NC(CS(=O)(=O)CCCO)C(=O)O. The molecule has 8 nitrogen and oxygen atoms in total. The molecular formula is C11H21NO7S. The van der Waals surface area contributed by atoms with Crippen LogP contribution < -0.4 is 5.32 Å². The predicted molar refractivity (Wildman–Crippen MR) is 71.2 cm³/mol. The summed E-state index contributed by atoms with van der Waals surface area (Å²) in [5, 5.41) is 19.5. The third-order valence-corrected chi connectivity index (χ3v) is 3.78. The van der Waals surface area contributed by atoms with E-state index in [1.807, 2.05) is 5.32 Å². The second kappa shape index (κ2) is 7.44. The summed E-state index contributed by atoms with van der Waals surface area (Å²) in [4.78, 5) is 22.4. The van der Waals surface area contributed by atoms with E-state index in [4.69, 9.17) is 14.9 Å². The van der Waals surface area contributed by atoms with Gasteiger partial charge in [-0.1, -0.05) is 0 Å². The minimum absolute atomic E-state index is 0.0150. The third-order valence-electron chi connectivity index (χ3n) is 2.02. The predicted octanol–water partition coefficient (Wildman–Crippen LogP) is -0.238. The van der Waals surface area contributed by atoms with E-state index in [0.29, 0.717) is 0 Å². The molecule has 0 aromatic rings. The number of aliphatic hydroxyl groups excluding tert-OH is 1. The molecular weight excluding hydrogens is 290 g/mol. The number of hydrogen-bond donors (Lipinski definition) is 3. The number of sulfone groups is 1. The Hall–Kier alpha value is -1.35. The summed E-state index contributed by atoms with van der Waals surface area (Å²) < 4.78 is 28.1. The van der Waals surface area contributed by atoms with E-state index in [-0.39, 0.29) is 18.8 Å². The fourth-order valence-electron chi connectivity index (χ4n) is 1.25. The Bertz CT molecular complexity index is 438. The summed E-state index contributed by atoms with van der Waals surface area (Å²) in [7, 11) is -3.69. The van der Waals surface area contributed by atoms with Crippen LogP contribution in [0.4, 0.5) is 4.79 Å². The van der Waals surface area contributed by atoms with Gasteiger partial charge in [0, 0.05) is 6.61 Å². The maximum absolute atomic E-state index is 11.6. The van der Waals surface area contributed by atoms with E-state index in [1.54, 1.807) is 20.8 Å². The van der Waals surface area contributed by atoms with Crippen molar-refractivity contribution in [1.82, 2.24) is 5.32 Å². The zero-order valence-electron chi connectivity index (χ0n) is 11.7. The molecule has 118 valence electrons. The molecule has 0 aromatic carbocycles. The molecule has 0 aliphatic carbocycles. The number of ether oxygens (including phenoxy) is 1. The van der Waals surface area contributed by atoms with Crippen LogP contribution in [-0.4, -0.2) is 60.4 Å². The molecule has 0 bridgehead atoms. The molecule has 0 rings (SSSR count). The summed E-state index contributed by atoms with van der Waals surface area (Å²) in [6.07, 6.45) is -0.983. The lowest BCUT2D eigenvalue weighted by Crippen LogP contribution is -2.47. The molecule has 3 N–H and O–H groups in total. The Labute approximate surface area is 118 Å². The summed E-state index contributed by atoms with van der Waals surface area (Å²) in [6.45, 7) is 4.48. The summed E-state index contributed by atoms with van der Waals surface area (Å²) in [5.74, 6) is -2.56. The molecule has 20 heavy (non-hydrogen) atoms. The van der Waals surface area contributed by atoms with Gasteiger partial charge in [0.15, 0.2) is 9.84 Å². The first-order chi connectivity index (χ1) is 8.97. The number of carbonyl (C=O) groups excluding carboxylic acids is 1. The van der Waals surface area contributed by atoms with E-state index < -0.39 is 39.3 Å². The molecule has 1 atom stereocenters. The summed E-state index contributed by atoms with van der Waals surface area (Å²) in [6, 6.07) is -1.59. The highest BCUT2D eigenvalue weighted by Gasteiger charge is 2.28. The Morgan fingerprint density at radius 2 is 1.85 bits per heavy atom. The number of rotatable bonds is 7. The van der Waals surface area contributed by atoms with E-state index in [0.717, 1.165) is 0 Å². The second-order valence-electron chi connectivity index (χ2n) is 5.23. The lowest BCUT2D eigenvalue weighted by Gasteiger charge is -2.21. The van der Waals surface area contributed by atoms with Gasteiger partial charge in [-0.05, 0) is 27.2 Å². The number of carboxylic acids is 1. The van der Waals surface area contributed by atoms with Crippen LogP contribution in [-0.2, 0) is 19.4 Å². The van der Waals surface area contributed by atoms with Crippen LogP contribution in [0, 0.1) is 0 Å². The first kappa shape index (κ1) is 18.7. The maximum Gasteiger partial charge on any atom is 0.408 e. The highest BCUT2D eigenvalue weighted by Crippen LogP contribution is 2.07. The molecule has 1 unspecified atom stereocenters. The largest absolute Gasteiger partial charge is 0.480 e. The van der Waals surface area contributed by atoms with Gasteiger partial charge < -0.3 is 20.3 Å². The van der Waals surface area contributed by atoms with Crippen molar-refractivity contribution in [3.63, 3.8) is 0 Å². The number of carboxylic acid groups (broad SMARTS) is 1. The average molecular weight is 311 g/mol. The molecule has 0 fully saturated rings. The Morgan fingerprint density at radius 1 is 1.30 bits per heavy atom. The zero-order chi connectivity index (χ0) is 16.0. The number of carbonyl (C=O) groups is 2. The number of aliphatic hydroxyl groups is 1. The third kappa shape index (κ3) is 8.70. The standard InChI is InChI=1S/C11H21NO7S/c1-11(2,3)19-10(16)12-8(9(14)15)7-20(17,18)6-4-5-13/h8,13H,4-7H2,1-3H3,(H,12,16)(H,14,15). The lowest BCUT2D eigenvalue weighted by atomic mass is 10.2. The molecule has 1 amide bonds. The number of aliphatic carboxylic acids is 1. The first-order valence-corrected chi connectivity index (χ1v) is 7.82. The number of hydrogen-bond acceptors (Lipinski definition) is 6. The smallest absolute Gasteiger partial charge is 0.408 e. The normalized spacial score (nSPS) is 13.6. The van der Waals surface area contributed by atoms with Crippen LogP contribution in [0.25, 0.3) is 0 Å². The Balaban J connectivity index is 4.67. The molecule has 0 saturated carbocycles.